The molecule has 1 amide bonds. The SMILES string of the molecule is Cc1cc(NC(=O)c2nc3ccccc3s2)cc(OCCO)c1. The molecule has 0 spiro atoms. The molecule has 0 aliphatic rings. The second-order valence-corrected chi connectivity index (χ2v) is 6.08. The monoisotopic (exact) mass is 328 g/mol. The van der Waals surface area contributed by atoms with Crippen LogP contribution in [0, 0.1) is 6.92 Å². The van der Waals surface area contributed by atoms with Gasteiger partial charge in [-0.05, 0) is 36.8 Å². The molecule has 6 heteroatoms. The highest BCUT2D eigenvalue weighted by Gasteiger charge is 2.13. The van der Waals surface area contributed by atoms with Crippen LogP contribution < -0.4 is 10.1 Å². The van der Waals surface area contributed by atoms with Gasteiger partial charge in [0.15, 0.2) is 5.01 Å². The molecule has 0 radical (unpaired) electrons. The number of carbonyl (C=O) groups excluding carboxylic acids is 1. The lowest BCUT2D eigenvalue weighted by molar-refractivity contribution is 0.102. The van der Waals surface area contributed by atoms with Gasteiger partial charge in [0.25, 0.3) is 5.91 Å². The Kier molecular flexibility index (Phi) is 4.55. The van der Waals surface area contributed by atoms with Gasteiger partial charge in [-0.15, -0.1) is 11.3 Å². The predicted molar refractivity (Wildman–Crippen MR) is 91.3 cm³/mol. The summed E-state index contributed by atoms with van der Waals surface area (Å²) in [7, 11) is 0. The first-order valence-corrected chi connectivity index (χ1v) is 7.99. The van der Waals surface area contributed by atoms with Crippen molar-refractivity contribution in [2.45, 2.75) is 6.92 Å². The minimum Gasteiger partial charge on any atom is -0.491 e. The molecule has 0 fully saturated rings. The van der Waals surface area contributed by atoms with Crippen LogP contribution in [0.15, 0.2) is 42.5 Å². The largest absolute Gasteiger partial charge is 0.491 e. The quantitative estimate of drug-likeness (QED) is 0.754. The number of hydrogen-bond donors (Lipinski definition) is 2. The van der Waals surface area contributed by atoms with Crippen LogP contribution in [-0.4, -0.2) is 29.2 Å². The maximum atomic E-state index is 12.4. The van der Waals surface area contributed by atoms with Gasteiger partial charge in [0.1, 0.15) is 12.4 Å². The molecule has 118 valence electrons. The Morgan fingerprint density at radius 3 is 2.91 bits per heavy atom. The van der Waals surface area contributed by atoms with Gasteiger partial charge >= 0.3 is 0 Å². The van der Waals surface area contributed by atoms with Crippen molar-refractivity contribution >= 4 is 33.1 Å². The first kappa shape index (κ1) is 15.5. The van der Waals surface area contributed by atoms with Crippen LogP contribution >= 0.6 is 11.3 Å². The zero-order valence-electron chi connectivity index (χ0n) is 12.6. The smallest absolute Gasteiger partial charge is 0.284 e. The van der Waals surface area contributed by atoms with Crippen LogP contribution in [0.5, 0.6) is 5.75 Å². The molecule has 0 saturated heterocycles. The number of nitrogens with one attached hydrogen (secondary N) is 1. The molecular weight excluding hydrogens is 312 g/mol. The van der Waals surface area contributed by atoms with Gasteiger partial charge in [0.2, 0.25) is 0 Å². The van der Waals surface area contributed by atoms with E-state index in [1.807, 2.05) is 43.3 Å². The molecule has 0 saturated carbocycles. The third-order valence-corrected chi connectivity index (χ3v) is 4.19. The Labute approximate surface area is 137 Å². The van der Waals surface area contributed by atoms with E-state index in [9.17, 15) is 4.79 Å². The molecule has 3 aromatic rings. The van der Waals surface area contributed by atoms with Crippen LogP contribution in [0.2, 0.25) is 0 Å². The number of aryl methyl sites for hydroxylation is 1. The fourth-order valence-corrected chi connectivity index (χ4v) is 3.08. The Balaban J connectivity index is 1.80. The van der Waals surface area contributed by atoms with Crippen molar-refractivity contribution in [3.05, 3.63) is 53.0 Å². The minimum atomic E-state index is -0.245. The molecule has 0 unspecified atom stereocenters. The lowest BCUT2D eigenvalue weighted by Crippen LogP contribution is -2.12. The topological polar surface area (TPSA) is 71.5 Å². The van der Waals surface area contributed by atoms with Gasteiger partial charge in [-0.25, -0.2) is 4.98 Å². The number of carbonyl (C=O) groups is 1. The Morgan fingerprint density at radius 2 is 2.13 bits per heavy atom. The van der Waals surface area contributed by atoms with Gasteiger partial charge in [0, 0.05) is 11.8 Å². The van der Waals surface area contributed by atoms with Gasteiger partial charge in [-0.1, -0.05) is 12.1 Å². The Hall–Kier alpha value is -2.44. The van der Waals surface area contributed by atoms with E-state index >= 15 is 0 Å². The lowest BCUT2D eigenvalue weighted by Gasteiger charge is -2.09. The maximum absolute atomic E-state index is 12.4. The number of ether oxygens (including phenoxy) is 1. The van der Waals surface area contributed by atoms with Crippen LogP contribution in [0.3, 0.4) is 0 Å². The first-order valence-electron chi connectivity index (χ1n) is 7.18. The second-order valence-electron chi connectivity index (χ2n) is 5.05. The molecule has 2 aromatic carbocycles. The summed E-state index contributed by atoms with van der Waals surface area (Å²) in [4.78, 5) is 16.7. The van der Waals surface area contributed by atoms with E-state index in [-0.39, 0.29) is 19.1 Å². The summed E-state index contributed by atoms with van der Waals surface area (Å²) in [5.41, 5.74) is 2.42. The molecule has 1 aromatic heterocycles. The highest BCUT2D eigenvalue weighted by atomic mass is 32.1. The summed E-state index contributed by atoms with van der Waals surface area (Å²) >= 11 is 1.36. The van der Waals surface area contributed by atoms with E-state index in [4.69, 9.17) is 9.84 Å². The zero-order valence-corrected chi connectivity index (χ0v) is 13.4. The molecule has 0 bridgehead atoms. The summed E-state index contributed by atoms with van der Waals surface area (Å²) in [5, 5.41) is 12.1. The molecule has 5 nitrogen and oxygen atoms in total. The van der Waals surface area contributed by atoms with E-state index in [2.05, 4.69) is 10.3 Å². The number of amides is 1. The summed E-state index contributed by atoms with van der Waals surface area (Å²) in [5.74, 6) is 0.364. The van der Waals surface area contributed by atoms with Gasteiger partial charge < -0.3 is 15.2 Å². The Bertz CT molecular complexity index is 812. The highest BCUT2D eigenvalue weighted by Crippen LogP contribution is 2.24. The number of aliphatic hydroxyl groups excluding tert-OH is 1. The number of anilines is 1. The van der Waals surface area contributed by atoms with Crippen LogP contribution in [0.4, 0.5) is 5.69 Å². The van der Waals surface area contributed by atoms with Crippen LogP contribution in [-0.2, 0) is 0 Å². The van der Waals surface area contributed by atoms with E-state index < -0.39 is 0 Å². The average Bonchev–Trinajstić information content (AvgIpc) is 2.96. The fraction of sp³-hybridized carbons (Fsp3) is 0.176. The van der Waals surface area contributed by atoms with Gasteiger partial charge in [0.05, 0.1) is 16.8 Å². The minimum absolute atomic E-state index is 0.0542. The third-order valence-electron chi connectivity index (χ3n) is 3.16. The standard InChI is InChI=1S/C17H16N2O3S/c1-11-8-12(10-13(9-11)22-7-6-20)18-16(21)17-19-14-4-2-3-5-15(14)23-17/h2-5,8-10,20H,6-7H2,1H3,(H,18,21). The number of para-hydroxylation sites is 1. The molecule has 23 heavy (non-hydrogen) atoms. The number of thiazole rings is 1. The molecule has 3 rings (SSSR count). The number of fused-ring (bicyclic) bond motifs is 1. The Morgan fingerprint density at radius 1 is 1.30 bits per heavy atom. The highest BCUT2D eigenvalue weighted by molar-refractivity contribution is 7.20. The van der Waals surface area contributed by atoms with Gasteiger partial charge in [-0.3, -0.25) is 4.79 Å². The number of hydrogen-bond acceptors (Lipinski definition) is 5. The zero-order chi connectivity index (χ0) is 16.2. The van der Waals surface area contributed by atoms with Crippen molar-refractivity contribution in [2.75, 3.05) is 18.5 Å². The van der Waals surface area contributed by atoms with E-state index in [0.29, 0.717) is 16.4 Å². The van der Waals surface area contributed by atoms with E-state index in [0.717, 1.165) is 15.8 Å². The summed E-state index contributed by atoms with van der Waals surface area (Å²) in [6, 6.07) is 13.1. The van der Waals surface area contributed by atoms with E-state index in [1.54, 1.807) is 6.07 Å². The molecule has 2 N–H and O–H groups in total. The maximum Gasteiger partial charge on any atom is 0.284 e. The van der Waals surface area contributed by atoms with Crippen LogP contribution in [0.25, 0.3) is 10.2 Å². The molecule has 1 heterocycles. The average molecular weight is 328 g/mol. The summed E-state index contributed by atoms with van der Waals surface area (Å²) in [6.07, 6.45) is 0. The van der Waals surface area contributed by atoms with Crippen molar-refractivity contribution in [3.8, 4) is 5.75 Å². The number of aliphatic hydroxyl groups is 1. The lowest BCUT2D eigenvalue weighted by atomic mass is 10.2. The fourth-order valence-electron chi connectivity index (χ4n) is 2.22. The summed E-state index contributed by atoms with van der Waals surface area (Å²) in [6.45, 7) is 2.08. The normalized spacial score (nSPS) is 10.7. The number of nitrogens with zero attached hydrogens (tertiary/aromatic N) is 1. The van der Waals surface area contributed by atoms with Crippen molar-refractivity contribution in [1.82, 2.24) is 4.98 Å². The summed E-state index contributed by atoms with van der Waals surface area (Å²) < 4.78 is 6.38. The second kappa shape index (κ2) is 6.76. The van der Waals surface area contributed by atoms with Crippen molar-refractivity contribution < 1.29 is 14.6 Å². The van der Waals surface area contributed by atoms with Gasteiger partial charge in [-0.2, -0.15) is 0 Å². The molecule has 0 atom stereocenters. The molecular formula is C17H16N2O3S. The third kappa shape index (κ3) is 3.67. The van der Waals surface area contributed by atoms with Crippen molar-refractivity contribution in [2.24, 2.45) is 0 Å². The van der Waals surface area contributed by atoms with Crippen LogP contribution in [0.1, 0.15) is 15.4 Å². The molecule has 0 aliphatic heterocycles. The molecule has 0 aliphatic carbocycles. The van der Waals surface area contributed by atoms with E-state index in [1.165, 1.54) is 11.3 Å². The van der Waals surface area contributed by atoms with Crippen molar-refractivity contribution in [1.29, 1.82) is 0 Å². The number of rotatable bonds is 5. The predicted octanol–water partition coefficient (Wildman–Crippen LogP) is 3.23. The first-order chi connectivity index (χ1) is 11.2. The van der Waals surface area contributed by atoms with Crippen molar-refractivity contribution in [3.63, 3.8) is 0 Å². The number of aromatic nitrogens is 1. The number of benzene rings is 2.